The molecule has 3 aromatic carbocycles. The molecule has 2 amide bonds. The summed E-state index contributed by atoms with van der Waals surface area (Å²) in [6.07, 6.45) is 0.752. The van der Waals surface area contributed by atoms with Crippen molar-refractivity contribution in [3.63, 3.8) is 0 Å². The van der Waals surface area contributed by atoms with E-state index in [2.05, 4.69) is 5.32 Å². The molecule has 7 nitrogen and oxygen atoms in total. The molecular formula is C29H35N3O4S. The van der Waals surface area contributed by atoms with Crippen molar-refractivity contribution in [2.75, 3.05) is 10.8 Å². The number of nitrogens with zero attached hydrogens (tertiary/aromatic N) is 2. The Labute approximate surface area is 220 Å². The highest BCUT2D eigenvalue weighted by molar-refractivity contribution is 7.92. The van der Waals surface area contributed by atoms with Gasteiger partial charge in [-0.3, -0.25) is 13.9 Å². The quantitative estimate of drug-likeness (QED) is 0.402. The first kappa shape index (κ1) is 27.9. The molecule has 37 heavy (non-hydrogen) atoms. The van der Waals surface area contributed by atoms with Gasteiger partial charge in [-0.1, -0.05) is 73.2 Å². The van der Waals surface area contributed by atoms with Crippen LogP contribution in [-0.2, 0) is 26.2 Å². The summed E-state index contributed by atoms with van der Waals surface area (Å²) in [6.45, 7) is 7.13. The minimum atomic E-state index is -4.06. The fourth-order valence-corrected chi connectivity index (χ4v) is 5.20. The molecule has 0 unspecified atom stereocenters. The lowest BCUT2D eigenvalue weighted by molar-refractivity contribution is -0.139. The normalized spacial score (nSPS) is 12.9. The van der Waals surface area contributed by atoms with Gasteiger partial charge in [0.1, 0.15) is 12.6 Å². The molecule has 0 fully saturated rings. The number of rotatable bonds is 11. The number of nitrogens with one attached hydrogen (secondary N) is 1. The number of carbonyl (C=O) groups excluding carboxylic acids is 2. The zero-order valence-corrected chi connectivity index (χ0v) is 22.6. The van der Waals surface area contributed by atoms with Gasteiger partial charge in [0.2, 0.25) is 11.8 Å². The summed E-state index contributed by atoms with van der Waals surface area (Å²) >= 11 is 0. The predicted molar refractivity (Wildman–Crippen MR) is 147 cm³/mol. The van der Waals surface area contributed by atoms with E-state index in [0.717, 1.165) is 21.9 Å². The third-order valence-electron chi connectivity index (χ3n) is 6.30. The monoisotopic (exact) mass is 521 g/mol. The summed E-state index contributed by atoms with van der Waals surface area (Å²) in [7, 11) is -4.06. The van der Waals surface area contributed by atoms with Crippen LogP contribution >= 0.6 is 0 Å². The Bertz CT molecular complexity index is 1280. The zero-order valence-electron chi connectivity index (χ0n) is 21.8. The molecule has 196 valence electrons. The molecule has 2 atom stereocenters. The highest BCUT2D eigenvalue weighted by Gasteiger charge is 2.32. The Morgan fingerprint density at radius 1 is 0.865 bits per heavy atom. The molecule has 0 saturated carbocycles. The molecule has 8 heteroatoms. The Morgan fingerprint density at radius 3 is 2.00 bits per heavy atom. The molecule has 0 aliphatic heterocycles. The average molecular weight is 522 g/mol. The SMILES string of the molecule is CC[C@@H](C)NC(=O)[C@H](C)N(Cc1ccccc1)C(=O)CN(c1ccccc1)S(=O)(=O)c1ccc(C)cc1. The first-order chi connectivity index (χ1) is 17.6. The van der Waals surface area contributed by atoms with Gasteiger partial charge in [0.15, 0.2) is 0 Å². The van der Waals surface area contributed by atoms with Crippen molar-refractivity contribution in [2.24, 2.45) is 0 Å². The Morgan fingerprint density at radius 2 is 1.43 bits per heavy atom. The van der Waals surface area contributed by atoms with Crippen LogP contribution in [0.5, 0.6) is 0 Å². The van der Waals surface area contributed by atoms with Crippen LogP contribution in [0.15, 0.2) is 89.8 Å². The van der Waals surface area contributed by atoms with E-state index in [4.69, 9.17) is 0 Å². The van der Waals surface area contributed by atoms with E-state index < -0.39 is 28.5 Å². The summed E-state index contributed by atoms with van der Waals surface area (Å²) < 4.78 is 28.6. The molecule has 0 saturated heterocycles. The van der Waals surface area contributed by atoms with Gasteiger partial charge in [-0.2, -0.15) is 0 Å². The largest absolute Gasteiger partial charge is 0.352 e. The van der Waals surface area contributed by atoms with Gasteiger partial charge in [0.05, 0.1) is 10.6 Å². The smallest absolute Gasteiger partial charge is 0.264 e. The molecule has 0 aliphatic rings. The highest BCUT2D eigenvalue weighted by Crippen LogP contribution is 2.24. The molecule has 0 aromatic heterocycles. The van der Waals surface area contributed by atoms with Gasteiger partial charge in [-0.25, -0.2) is 8.42 Å². The first-order valence-corrected chi connectivity index (χ1v) is 13.9. The van der Waals surface area contributed by atoms with Gasteiger partial charge in [0, 0.05) is 12.6 Å². The van der Waals surface area contributed by atoms with Gasteiger partial charge in [0.25, 0.3) is 10.0 Å². The van der Waals surface area contributed by atoms with Crippen LogP contribution in [0.3, 0.4) is 0 Å². The third-order valence-corrected chi connectivity index (χ3v) is 8.08. The van der Waals surface area contributed by atoms with Crippen LogP contribution in [0, 0.1) is 6.92 Å². The molecule has 0 radical (unpaired) electrons. The molecule has 0 aliphatic carbocycles. The van der Waals surface area contributed by atoms with E-state index in [9.17, 15) is 18.0 Å². The van der Waals surface area contributed by atoms with Gasteiger partial charge < -0.3 is 10.2 Å². The van der Waals surface area contributed by atoms with Gasteiger partial charge in [-0.05, 0) is 57.0 Å². The lowest BCUT2D eigenvalue weighted by Gasteiger charge is -2.32. The maximum Gasteiger partial charge on any atom is 0.264 e. The summed E-state index contributed by atoms with van der Waals surface area (Å²) in [5.41, 5.74) is 2.14. The third kappa shape index (κ3) is 7.20. The number of sulfonamides is 1. The van der Waals surface area contributed by atoms with Crippen molar-refractivity contribution in [2.45, 2.75) is 57.6 Å². The van der Waals surface area contributed by atoms with E-state index >= 15 is 0 Å². The van der Waals surface area contributed by atoms with Crippen LogP contribution in [0.4, 0.5) is 5.69 Å². The second kappa shape index (κ2) is 12.5. The van der Waals surface area contributed by atoms with Crippen molar-refractivity contribution < 1.29 is 18.0 Å². The molecule has 0 bridgehead atoms. The van der Waals surface area contributed by atoms with Crippen LogP contribution < -0.4 is 9.62 Å². The van der Waals surface area contributed by atoms with E-state index in [0.29, 0.717) is 5.69 Å². The zero-order chi connectivity index (χ0) is 27.0. The number of benzene rings is 3. The van der Waals surface area contributed by atoms with Crippen LogP contribution in [-0.4, -0.2) is 43.8 Å². The number of carbonyl (C=O) groups is 2. The maximum absolute atomic E-state index is 13.8. The van der Waals surface area contributed by atoms with Crippen LogP contribution in [0.1, 0.15) is 38.3 Å². The summed E-state index contributed by atoms with van der Waals surface area (Å²) in [4.78, 5) is 28.4. The number of aryl methyl sites for hydroxylation is 1. The Kier molecular flexibility index (Phi) is 9.47. The van der Waals surface area contributed by atoms with Crippen LogP contribution in [0.2, 0.25) is 0 Å². The average Bonchev–Trinajstić information content (AvgIpc) is 2.91. The van der Waals surface area contributed by atoms with Crippen molar-refractivity contribution in [1.82, 2.24) is 10.2 Å². The topological polar surface area (TPSA) is 86.8 Å². The molecule has 1 N–H and O–H groups in total. The fourth-order valence-electron chi connectivity index (χ4n) is 3.79. The molecule has 3 aromatic rings. The molecule has 3 rings (SSSR count). The minimum absolute atomic E-state index is 0.0497. The van der Waals surface area contributed by atoms with E-state index in [1.54, 1.807) is 49.4 Å². The van der Waals surface area contributed by atoms with Gasteiger partial charge in [-0.15, -0.1) is 0 Å². The maximum atomic E-state index is 13.8. The highest BCUT2D eigenvalue weighted by atomic mass is 32.2. The van der Waals surface area contributed by atoms with Gasteiger partial charge >= 0.3 is 0 Å². The number of para-hydroxylation sites is 1. The molecule has 0 spiro atoms. The molecular weight excluding hydrogens is 486 g/mol. The summed E-state index contributed by atoms with van der Waals surface area (Å²) in [5, 5.41) is 2.93. The second-order valence-electron chi connectivity index (χ2n) is 9.16. The minimum Gasteiger partial charge on any atom is -0.352 e. The summed E-state index contributed by atoms with van der Waals surface area (Å²) in [6, 6.07) is 23.5. The second-order valence-corrected chi connectivity index (χ2v) is 11.0. The standard InChI is InChI=1S/C29H35N3O4S/c1-5-23(3)30-29(34)24(4)31(20-25-12-8-6-9-13-25)28(33)21-32(26-14-10-7-11-15-26)37(35,36)27-18-16-22(2)17-19-27/h6-19,23-24H,5,20-21H2,1-4H3,(H,30,34)/t23-,24+/m1/s1. The lowest BCUT2D eigenvalue weighted by atomic mass is 10.1. The van der Waals surface area contributed by atoms with Crippen molar-refractivity contribution in [3.05, 3.63) is 96.1 Å². The number of anilines is 1. The van der Waals surface area contributed by atoms with E-state index in [-0.39, 0.29) is 23.4 Å². The molecule has 0 heterocycles. The fraction of sp³-hybridized carbons (Fsp3) is 0.310. The predicted octanol–water partition coefficient (Wildman–Crippen LogP) is 4.52. The number of hydrogen-bond acceptors (Lipinski definition) is 4. The van der Waals surface area contributed by atoms with Crippen molar-refractivity contribution in [1.29, 1.82) is 0 Å². The van der Waals surface area contributed by atoms with Crippen LogP contribution in [0.25, 0.3) is 0 Å². The Hall–Kier alpha value is -3.65. The Balaban J connectivity index is 1.98. The van der Waals surface area contributed by atoms with Crippen molar-refractivity contribution in [3.8, 4) is 0 Å². The number of hydrogen-bond donors (Lipinski definition) is 1. The summed E-state index contributed by atoms with van der Waals surface area (Å²) in [5.74, 6) is -0.763. The number of amides is 2. The van der Waals surface area contributed by atoms with E-state index in [1.165, 1.54) is 17.0 Å². The lowest BCUT2D eigenvalue weighted by Crippen LogP contribution is -2.52. The first-order valence-electron chi connectivity index (χ1n) is 12.4. The van der Waals surface area contributed by atoms with E-state index in [1.807, 2.05) is 51.1 Å². The van der Waals surface area contributed by atoms with Crippen molar-refractivity contribution >= 4 is 27.5 Å².